The molecular formula is C21H26N2O2. The van der Waals surface area contributed by atoms with E-state index in [9.17, 15) is 4.79 Å². The van der Waals surface area contributed by atoms with E-state index in [1.165, 1.54) is 12.0 Å². The first kappa shape index (κ1) is 17.3. The molecule has 1 aliphatic carbocycles. The van der Waals surface area contributed by atoms with Crippen molar-refractivity contribution >= 4 is 11.7 Å². The summed E-state index contributed by atoms with van der Waals surface area (Å²) in [6, 6.07) is 17.8. The summed E-state index contributed by atoms with van der Waals surface area (Å²) in [5.74, 6) is 0.804. The Bertz CT molecular complexity index is 692. The summed E-state index contributed by atoms with van der Waals surface area (Å²) in [6.45, 7) is 4.64. The predicted molar refractivity (Wildman–Crippen MR) is 101 cm³/mol. The van der Waals surface area contributed by atoms with E-state index in [0.717, 1.165) is 24.3 Å². The molecule has 2 aromatic rings. The van der Waals surface area contributed by atoms with Crippen molar-refractivity contribution in [2.75, 3.05) is 11.9 Å². The van der Waals surface area contributed by atoms with E-state index in [4.69, 9.17) is 4.74 Å². The van der Waals surface area contributed by atoms with Crippen LogP contribution in [0.2, 0.25) is 0 Å². The molecule has 1 fully saturated rings. The number of carbonyl (C=O) groups excluding carboxylic acids is 1. The van der Waals surface area contributed by atoms with Gasteiger partial charge in [-0.05, 0) is 56.5 Å². The Hall–Kier alpha value is -2.49. The Morgan fingerprint density at radius 2 is 1.76 bits per heavy atom. The van der Waals surface area contributed by atoms with Gasteiger partial charge in [-0.2, -0.15) is 0 Å². The quantitative estimate of drug-likeness (QED) is 0.801. The highest BCUT2D eigenvalue weighted by Crippen LogP contribution is 2.43. The third-order valence-electron chi connectivity index (χ3n) is 4.77. The Morgan fingerprint density at radius 3 is 2.32 bits per heavy atom. The van der Waals surface area contributed by atoms with E-state index in [2.05, 4.69) is 34.9 Å². The zero-order valence-electron chi connectivity index (χ0n) is 14.9. The SMILES string of the molecule is CC(C)Oc1ccc(NC(=O)NCC2(c3ccccc3)CCC2)cc1. The number of hydrogen-bond acceptors (Lipinski definition) is 2. The van der Waals surface area contributed by atoms with Gasteiger partial charge in [-0.15, -0.1) is 0 Å². The predicted octanol–water partition coefficient (Wildman–Crippen LogP) is 4.72. The van der Waals surface area contributed by atoms with Crippen LogP contribution in [-0.4, -0.2) is 18.7 Å². The van der Waals surface area contributed by atoms with Crippen LogP contribution in [0.25, 0.3) is 0 Å². The van der Waals surface area contributed by atoms with Crippen LogP contribution in [0, 0.1) is 0 Å². The third kappa shape index (κ3) is 4.32. The number of anilines is 1. The van der Waals surface area contributed by atoms with Gasteiger partial charge in [0.2, 0.25) is 0 Å². The topological polar surface area (TPSA) is 50.4 Å². The van der Waals surface area contributed by atoms with Gasteiger partial charge < -0.3 is 15.4 Å². The highest BCUT2D eigenvalue weighted by Gasteiger charge is 2.38. The molecule has 0 aliphatic heterocycles. The van der Waals surface area contributed by atoms with Gasteiger partial charge in [-0.3, -0.25) is 0 Å². The van der Waals surface area contributed by atoms with Gasteiger partial charge in [0.1, 0.15) is 5.75 Å². The normalized spacial score (nSPS) is 15.3. The maximum absolute atomic E-state index is 12.2. The minimum Gasteiger partial charge on any atom is -0.491 e. The van der Waals surface area contributed by atoms with Crippen molar-refractivity contribution in [2.24, 2.45) is 0 Å². The van der Waals surface area contributed by atoms with Crippen LogP contribution in [0.5, 0.6) is 5.75 Å². The lowest BCUT2D eigenvalue weighted by Gasteiger charge is -2.42. The highest BCUT2D eigenvalue weighted by atomic mass is 16.5. The van der Waals surface area contributed by atoms with Gasteiger partial charge in [0, 0.05) is 17.6 Å². The summed E-state index contributed by atoms with van der Waals surface area (Å²) in [6.07, 6.45) is 3.60. The van der Waals surface area contributed by atoms with Crippen LogP contribution >= 0.6 is 0 Å². The Balaban J connectivity index is 1.54. The second-order valence-electron chi connectivity index (χ2n) is 7.00. The molecule has 0 spiro atoms. The van der Waals surface area contributed by atoms with E-state index >= 15 is 0 Å². The molecule has 0 unspecified atom stereocenters. The number of urea groups is 1. The number of ether oxygens (including phenoxy) is 1. The summed E-state index contributed by atoms with van der Waals surface area (Å²) in [5.41, 5.74) is 2.17. The number of rotatable bonds is 6. The van der Waals surface area contributed by atoms with Crippen molar-refractivity contribution in [3.05, 3.63) is 60.2 Å². The van der Waals surface area contributed by atoms with Gasteiger partial charge in [0.25, 0.3) is 0 Å². The molecule has 1 saturated carbocycles. The molecule has 2 amide bonds. The molecule has 4 nitrogen and oxygen atoms in total. The van der Waals surface area contributed by atoms with Crippen LogP contribution < -0.4 is 15.4 Å². The van der Waals surface area contributed by atoms with Crippen molar-refractivity contribution in [1.29, 1.82) is 0 Å². The number of nitrogens with one attached hydrogen (secondary N) is 2. The molecule has 0 aromatic heterocycles. The molecule has 0 heterocycles. The molecule has 0 saturated heterocycles. The third-order valence-corrected chi connectivity index (χ3v) is 4.77. The largest absolute Gasteiger partial charge is 0.491 e. The maximum atomic E-state index is 12.2. The van der Waals surface area contributed by atoms with Crippen molar-refractivity contribution in [3.8, 4) is 5.75 Å². The Kier molecular flexibility index (Phi) is 5.27. The fourth-order valence-electron chi connectivity index (χ4n) is 3.28. The second-order valence-corrected chi connectivity index (χ2v) is 7.00. The number of hydrogen-bond donors (Lipinski definition) is 2. The first-order valence-electron chi connectivity index (χ1n) is 8.94. The molecule has 25 heavy (non-hydrogen) atoms. The van der Waals surface area contributed by atoms with Gasteiger partial charge in [-0.1, -0.05) is 36.8 Å². The Morgan fingerprint density at radius 1 is 1.08 bits per heavy atom. The summed E-state index contributed by atoms with van der Waals surface area (Å²) < 4.78 is 5.61. The monoisotopic (exact) mass is 338 g/mol. The molecule has 1 aliphatic rings. The van der Waals surface area contributed by atoms with Crippen LogP contribution in [0.1, 0.15) is 38.7 Å². The van der Waals surface area contributed by atoms with Gasteiger partial charge in [0.15, 0.2) is 0 Å². The molecule has 2 N–H and O–H groups in total. The van der Waals surface area contributed by atoms with Crippen molar-refractivity contribution < 1.29 is 9.53 Å². The molecule has 0 bridgehead atoms. The fraction of sp³-hybridized carbons (Fsp3) is 0.381. The summed E-state index contributed by atoms with van der Waals surface area (Å²) in [4.78, 5) is 12.2. The molecule has 3 rings (SSSR count). The average Bonchev–Trinajstić information content (AvgIpc) is 2.56. The molecule has 2 aromatic carbocycles. The van der Waals surface area contributed by atoms with E-state index in [1.807, 2.05) is 44.2 Å². The maximum Gasteiger partial charge on any atom is 0.319 e. The van der Waals surface area contributed by atoms with Crippen LogP contribution in [-0.2, 0) is 5.41 Å². The number of benzene rings is 2. The minimum absolute atomic E-state index is 0.0908. The van der Waals surface area contributed by atoms with E-state index in [-0.39, 0.29) is 17.6 Å². The van der Waals surface area contributed by atoms with E-state index in [1.54, 1.807) is 0 Å². The number of carbonyl (C=O) groups is 1. The van der Waals surface area contributed by atoms with Crippen molar-refractivity contribution in [2.45, 2.75) is 44.6 Å². The summed E-state index contributed by atoms with van der Waals surface area (Å²) in [5, 5.41) is 5.93. The standard InChI is InChI=1S/C21H26N2O2/c1-16(2)25-19-11-9-18(10-12-19)23-20(24)22-15-21(13-6-14-21)17-7-4-3-5-8-17/h3-5,7-12,16H,6,13-15H2,1-2H3,(H2,22,23,24). The number of amides is 2. The molecule has 0 radical (unpaired) electrons. The lowest BCUT2D eigenvalue weighted by molar-refractivity contribution is 0.222. The fourth-order valence-corrected chi connectivity index (χ4v) is 3.28. The zero-order valence-corrected chi connectivity index (χ0v) is 14.9. The smallest absolute Gasteiger partial charge is 0.319 e. The molecule has 4 heteroatoms. The van der Waals surface area contributed by atoms with Crippen LogP contribution in [0.15, 0.2) is 54.6 Å². The minimum atomic E-state index is -0.167. The lowest BCUT2D eigenvalue weighted by atomic mass is 9.64. The van der Waals surface area contributed by atoms with Crippen LogP contribution in [0.4, 0.5) is 10.5 Å². The summed E-state index contributed by atoms with van der Waals surface area (Å²) >= 11 is 0. The highest BCUT2D eigenvalue weighted by molar-refractivity contribution is 5.89. The van der Waals surface area contributed by atoms with Gasteiger partial charge in [0.05, 0.1) is 6.10 Å². The van der Waals surface area contributed by atoms with Gasteiger partial charge in [-0.25, -0.2) is 4.79 Å². The first-order valence-corrected chi connectivity index (χ1v) is 8.94. The second kappa shape index (κ2) is 7.60. The van der Waals surface area contributed by atoms with Gasteiger partial charge >= 0.3 is 6.03 Å². The first-order chi connectivity index (χ1) is 12.1. The summed E-state index contributed by atoms with van der Waals surface area (Å²) in [7, 11) is 0. The van der Waals surface area contributed by atoms with Crippen molar-refractivity contribution in [3.63, 3.8) is 0 Å². The molecular weight excluding hydrogens is 312 g/mol. The Labute approximate surface area is 149 Å². The van der Waals surface area contributed by atoms with E-state index in [0.29, 0.717) is 6.54 Å². The van der Waals surface area contributed by atoms with Crippen LogP contribution in [0.3, 0.4) is 0 Å². The zero-order chi connectivity index (χ0) is 17.7. The molecule has 0 atom stereocenters. The average molecular weight is 338 g/mol. The lowest BCUT2D eigenvalue weighted by Crippen LogP contribution is -2.46. The molecule has 132 valence electrons. The van der Waals surface area contributed by atoms with E-state index < -0.39 is 0 Å². The van der Waals surface area contributed by atoms with Crippen molar-refractivity contribution in [1.82, 2.24) is 5.32 Å².